The van der Waals surface area contributed by atoms with Crippen molar-refractivity contribution in [2.75, 3.05) is 5.32 Å². The first-order valence-corrected chi connectivity index (χ1v) is 10.2. The molecule has 3 rings (SSSR count). The number of amides is 1. The Morgan fingerprint density at radius 2 is 1.93 bits per heavy atom. The Bertz CT molecular complexity index is 1000. The number of fused-ring (bicyclic) bond motifs is 1. The number of aromatic nitrogens is 1. The van der Waals surface area contributed by atoms with Gasteiger partial charge in [-0.05, 0) is 62.6 Å². The van der Waals surface area contributed by atoms with Crippen molar-refractivity contribution in [2.24, 2.45) is 0 Å². The van der Waals surface area contributed by atoms with Crippen LogP contribution in [0.2, 0.25) is 0 Å². The van der Waals surface area contributed by atoms with E-state index in [4.69, 9.17) is 10.00 Å². The SMILES string of the molecule is C[C@@H](OC(=O)CCCCc1nc2ccccc2s1)C(=O)Nc1ccc(C#N)cc1. The second-order valence-corrected chi connectivity index (χ2v) is 7.71. The zero-order valence-corrected chi connectivity index (χ0v) is 16.9. The molecule has 2 aromatic carbocycles. The molecule has 0 radical (unpaired) electrons. The number of esters is 1. The van der Waals surface area contributed by atoms with Gasteiger partial charge in [0.2, 0.25) is 0 Å². The number of hydrogen-bond donors (Lipinski definition) is 1. The molecule has 1 amide bonds. The molecule has 6 nitrogen and oxygen atoms in total. The molecule has 1 atom stereocenters. The fourth-order valence-electron chi connectivity index (χ4n) is 2.75. The van der Waals surface area contributed by atoms with E-state index < -0.39 is 18.0 Å². The van der Waals surface area contributed by atoms with E-state index in [2.05, 4.69) is 16.4 Å². The smallest absolute Gasteiger partial charge is 0.306 e. The largest absolute Gasteiger partial charge is 0.453 e. The number of rotatable bonds is 8. The molecule has 0 aliphatic heterocycles. The van der Waals surface area contributed by atoms with E-state index in [9.17, 15) is 9.59 Å². The summed E-state index contributed by atoms with van der Waals surface area (Å²) in [5, 5.41) is 12.5. The fourth-order valence-corrected chi connectivity index (χ4v) is 3.76. The number of unbranched alkanes of at least 4 members (excludes halogenated alkanes) is 1. The Morgan fingerprint density at radius 1 is 1.17 bits per heavy atom. The zero-order valence-electron chi connectivity index (χ0n) is 16.1. The first-order chi connectivity index (χ1) is 14.0. The third-order valence-corrected chi connectivity index (χ3v) is 5.41. The lowest BCUT2D eigenvalue weighted by atomic mass is 10.2. The van der Waals surface area contributed by atoms with E-state index in [0.717, 1.165) is 23.4 Å². The topological polar surface area (TPSA) is 92.1 Å². The van der Waals surface area contributed by atoms with Gasteiger partial charge in [-0.25, -0.2) is 4.98 Å². The molecule has 1 aromatic heterocycles. The first kappa shape index (κ1) is 20.5. The number of anilines is 1. The minimum atomic E-state index is -0.887. The highest BCUT2D eigenvalue weighted by Gasteiger charge is 2.17. The number of carbonyl (C=O) groups is 2. The average Bonchev–Trinajstić information content (AvgIpc) is 3.14. The predicted octanol–water partition coefficient (Wildman–Crippen LogP) is 4.45. The molecule has 1 heterocycles. The van der Waals surface area contributed by atoms with Gasteiger partial charge in [-0.1, -0.05) is 12.1 Å². The Labute approximate surface area is 173 Å². The summed E-state index contributed by atoms with van der Waals surface area (Å²) in [6.45, 7) is 1.54. The number of nitrogens with one attached hydrogen (secondary N) is 1. The summed E-state index contributed by atoms with van der Waals surface area (Å²) in [5.41, 5.74) is 2.06. The Balaban J connectivity index is 1.37. The molecule has 148 valence electrons. The van der Waals surface area contributed by atoms with E-state index in [1.807, 2.05) is 24.3 Å². The quantitative estimate of drug-likeness (QED) is 0.440. The highest BCUT2D eigenvalue weighted by Crippen LogP contribution is 2.23. The Morgan fingerprint density at radius 3 is 2.66 bits per heavy atom. The van der Waals surface area contributed by atoms with Gasteiger partial charge in [0.05, 0.1) is 26.9 Å². The molecule has 0 saturated carbocycles. The van der Waals surface area contributed by atoms with Gasteiger partial charge in [0.15, 0.2) is 6.10 Å². The zero-order chi connectivity index (χ0) is 20.6. The number of aryl methyl sites for hydroxylation is 1. The molecule has 0 aliphatic carbocycles. The number of nitrogens with zero attached hydrogens (tertiary/aromatic N) is 2. The van der Waals surface area contributed by atoms with Crippen molar-refractivity contribution in [2.45, 2.75) is 38.7 Å². The monoisotopic (exact) mass is 407 g/mol. The maximum atomic E-state index is 12.1. The van der Waals surface area contributed by atoms with Crippen LogP contribution in [0.5, 0.6) is 0 Å². The Hall–Kier alpha value is -3.24. The van der Waals surface area contributed by atoms with Crippen molar-refractivity contribution < 1.29 is 14.3 Å². The van der Waals surface area contributed by atoms with Crippen LogP contribution >= 0.6 is 11.3 Å². The lowest BCUT2D eigenvalue weighted by Crippen LogP contribution is -2.29. The average molecular weight is 407 g/mol. The molecule has 0 fully saturated rings. The van der Waals surface area contributed by atoms with Crippen LogP contribution in [0.3, 0.4) is 0 Å². The van der Waals surface area contributed by atoms with E-state index >= 15 is 0 Å². The van der Waals surface area contributed by atoms with Gasteiger partial charge in [0, 0.05) is 12.1 Å². The minimum Gasteiger partial charge on any atom is -0.453 e. The van der Waals surface area contributed by atoms with Crippen molar-refractivity contribution in [3.8, 4) is 6.07 Å². The van der Waals surface area contributed by atoms with Crippen molar-refractivity contribution in [1.29, 1.82) is 5.26 Å². The molecule has 1 N–H and O–H groups in total. The fraction of sp³-hybridized carbons (Fsp3) is 0.273. The van der Waals surface area contributed by atoms with Gasteiger partial charge in [-0.3, -0.25) is 9.59 Å². The second-order valence-electron chi connectivity index (χ2n) is 6.59. The van der Waals surface area contributed by atoms with Gasteiger partial charge >= 0.3 is 5.97 Å². The van der Waals surface area contributed by atoms with E-state index in [1.165, 1.54) is 11.6 Å². The maximum Gasteiger partial charge on any atom is 0.306 e. The van der Waals surface area contributed by atoms with Crippen LogP contribution in [0, 0.1) is 11.3 Å². The molecule has 0 bridgehead atoms. The maximum absolute atomic E-state index is 12.1. The number of ether oxygens (including phenoxy) is 1. The summed E-state index contributed by atoms with van der Waals surface area (Å²) in [6, 6.07) is 16.5. The summed E-state index contributed by atoms with van der Waals surface area (Å²) < 4.78 is 6.38. The number of benzene rings is 2. The molecule has 0 spiro atoms. The number of hydrogen-bond acceptors (Lipinski definition) is 6. The van der Waals surface area contributed by atoms with E-state index in [1.54, 1.807) is 35.6 Å². The Kier molecular flexibility index (Phi) is 6.93. The predicted molar refractivity (Wildman–Crippen MR) is 113 cm³/mol. The lowest BCUT2D eigenvalue weighted by Gasteiger charge is -2.13. The second kappa shape index (κ2) is 9.80. The van der Waals surface area contributed by atoms with Crippen LogP contribution in [0.15, 0.2) is 48.5 Å². The molecular weight excluding hydrogens is 386 g/mol. The third-order valence-electron chi connectivity index (χ3n) is 4.32. The van der Waals surface area contributed by atoms with Gasteiger partial charge in [0.1, 0.15) is 0 Å². The van der Waals surface area contributed by atoms with Gasteiger partial charge in [-0.2, -0.15) is 5.26 Å². The molecular formula is C22H21N3O3S. The summed E-state index contributed by atoms with van der Waals surface area (Å²) in [7, 11) is 0. The lowest BCUT2D eigenvalue weighted by molar-refractivity contribution is -0.153. The van der Waals surface area contributed by atoms with E-state index in [-0.39, 0.29) is 6.42 Å². The highest BCUT2D eigenvalue weighted by atomic mass is 32.1. The van der Waals surface area contributed by atoms with Crippen molar-refractivity contribution >= 4 is 39.1 Å². The van der Waals surface area contributed by atoms with Crippen molar-refractivity contribution in [3.05, 3.63) is 59.1 Å². The molecule has 7 heteroatoms. The molecule has 0 aliphatic rings. The minimum absolute atomic E-state index is 0.263. The molecule has 3 aromatic rings. The van der Waals surface area contributed by atoms with Crippen LogP contribution in [0.1, 0.15) is 36.8 Å². The number of para-hydroxylation sites is 1. The van der Waals surface area contributed by atoms with Gasteiger partial charge in [0.25, 0.3) is 5.91 Å². The van der Waals surface area contributed by atoms with Gasteiger partial charge in [-0.15, -0.1) is 11.3 Å². The van der Waals surface area contributed by atoms with Crippen LogP contribution in [-0.2, 0) is 20.7 Å². The molecule has 0 unspecified atom stereocenters. The summed E-state index contributed by atoms with van der Waals surface area (Å²) in [6.07, 6.45) is 1.71. The van der Waals surface area contributed by atoms with Crippen LogP contribution in [0.4, 0.5) is 5.69 Å². The molecule has 0 saturated heterocycles. The van der Waals surface area contributed by atoms with Crippen molar-refractivity contribution in [3.63, 3.8) is 0 Å². The number of thiazole rings is 1. The van der Waals surface area contributed by atoms with Crippen LogP contribution in [0.25, 0.3) is 10.2 Å². The van der Waals surface area contributed by atoms with Crippen LogP contribution in [-0.4, -0.2) is 23.0 Å². The first-order valence-electron chi connectivity index (χ1n) is 9.40. The number of nitriles is 1. The normalized spacial score (nSPS) is 11.6. The summed E-state index contributed by atoms with van der Waals surface area (Å²) in [5.74, 6) is -0.797. The summed E-state index contributed by atoms with van der Waals surface area (Å²) in [4.78, 5) is 28.7. The van der Waals surface area contributed by atoms with Crippen molar-refractivity contribution in [1.82, 2.24) is 4.98 Å². The summed E-state index contributed by atoms with van der Waals surface area (Å²) >= 11 is 1.68. The highest BCUT2D eigenvalue weighted by molar-refractivity contribution is 7.18. The molecule has 29 heavy (non-hydrogen) atoms. The number of carbonyl (C=O) groups excluding carboxylic acids is 2. The third kappa shape index (κ3) is 5.87. The van der Waals surface area contributed by atoms with Crippen LogP contribution < -0.4 is 5.32 Å². The van der Waals surface area contributed by atoms with E-state index in [0.29, 0.717) is 17.7 Å². The standard InChI is InChI=1S/C22H21N3O3S/c1-15(22(27)24-17-12-10-16(14-23)11-13-17)28-21(26)9-5-4-8-20-25-18-6-2-3-7-19(18)29-20/h2-3,6-7,10-13,15H,4-5,8-9H2,1H3,(H,24,27)/t15-/m1/s1. The van der Waals surface area contributed by atoms with Gasteiger partial charge < -0.3 is 10.1 Å².